The molecule has 0 spiro atoms. The molecular weight excluding hydrogens is 317 g/mol. The largest absolute Gasteiger partial charge is 0.381 e. The smallest absolute Gasteiger partial charge is 0.223 e. The Bertz CT molecular complexity index is 681. The Morgan fingerprint density at radius 1 is 1.16 bits per heavy atom. The summed E-state index contributed by atoms with van der Waals surface area (Å²) in [6, 6.07) is 16.2. The summed E-state index contributed by atoms with van der Waals surface area (Å²) in [5, 5.41) is 0. The minimum atomic E-state index is -0.270. The molecule has 2 atom stereocenters. The Morgan fingerprint density at radius 2 is 1.84 bits per heavy atom. The predicted octanol–water partition coefficient (Wildman–Crippen LogP) is 4.19. The molecule has 0 N–H and O–H groups in total. The molecule has 1 fully saturated rings. The highest BCUT2D eigenvalue weighted by Crippen LogP contribution is 2.30. The van der Waals surface area contributed by atoms with E-state index in [1.165, 1.54) is 12.1 Å². The summed E-state index contributed by atoms with van der Waals surface area (Å²) in [5.74, 6) is 0.149. The van der Waals surface area contributed by atoms with Crippen LogP contribution in [0.2, 0.25) is 0 Å². The van der Waals surface area contributed by atoms with Gasteiger partial charge in [-0.25, -0.2) is 4.39 Å². The standard InChI is InChI=1S/C21H24FNO2/c1-2-23(20(24)14-16-12-13-25-15-16)21(17-6-4-3-5-7-17)18-8-10-19(22)11-9-18/h3-11,16,21H,2,12-15H2,1H3. The molecule has 2 aromatic rings. The zero-order chi connectivity index (χ0) is 17.6. The molecule has 132 valence electrons. The summed E-state index contributed by atoms with van der Waals surface area (Å²) in [6.07, 6.45) is 1.44. The molecule has 0 aliphatic carbocycles. The van der Waals surface area contributed by atoms with Crippen LogP contribution in [0.3, 0.4) is 0 Å². The van der Waals surface area contributed by atoms with Crippen LogP contribution in [0.15, 0.2) is 54.6 Å². The van der Waals surface area contributed by atoms with Crippen LogP contribution in [-0.4, -0.2) is 30.6 Å². The maximum atomic E-state index is 13.4. The predicted molar refractivity (Wildman–Crippen MR) is 95.6 cm³/mol. The molecular formula is C21H24FNO2. The first kappa shape index (κ1) is 17.6. The summed E-state index contributed by atoms with van der Waals surface area (Å²) < 4.78 is 18.8. The van der Waals surface area contributed by atoms with Crippen molar-refractivity contribution >= 4 is 5.91 Å². The lowest BCUT2D eigenvalue weighted by Gasteiger charge is -2.32. The van der Waals surface area contributed by atoms with Crippen LogP contribution in [0.5, 0.6) is 0 Å². The summed E-state index contributed by atoms with van der Waals surface area (Å²) in [6.45, 7) is 3.99. The fourth-order valence-corrected chi connectivity index (χ4v) is 3.44. The van der Waals surface area contributed by atoms with Gasteiger partial charge in [-0.3, -0.25) is 4.79 Å². The van der Waals surface area contributed by atoms with Gasteiger partial charge in [0.05, 0.1) is 6.04 Å². The van der Waals surface area contributed by atoms with E-state index in [-0.39, 0.29) is 17.8 Å². The van der Waals surface area contributed by atoms with Crippen LogP contribution in [0, 0.1) is 11.7 Å². The third kappa shape index (κ3) is 4.26. The van der Waals surface area contributed by atoms with E-state index in [0.717, 1.165) is 24.2 Å². The maximum absolute atomic E-state index is 13.4. The van der Waals surface area contributed by atoms with Crippen LogP contribution in [-0.2, 0) is 9.53 Å². The molecule has 2 unspecified atom stereocenters. The number of hydrogen-bond donors (Lipinski definition) is 0. The van der Waals surface area contributed by atoms with E-state index < -0.39 is 0 Å². The third-order valence-electron chi connectivity index (χ3n) is 4.76. The second-order valence-corrected chi connectivity index (χ2v) is 6.48. The van der Waals surface area contributed by atoms with Crippen LogP contribution in [0.4, 0.5) is 4.39 Å². The topological polar surface area (TPSA) is 29.5 Å². The van der Waals surface area contributed by atoms with Crippen molar-refractivity contribution < 1.29 is 13.9 Å². The Kier molecular flexibility index (Phi) is 5.82. The lowest BCUT2D eigenvalue weighted by atomic mass is 9.95. The monoisotopic (exact) mass is 341 g/mol. The van der Waals surface area contributed by atoms with E-state index in [9.17, 15) is 9.18 Å². The number of benzene rings is 2. The van der Waals surface area contributed by atoms with Crippen molar-refractivity contribution in [1.82, 2.24) is 4.90 Å². The highest BCUT2D eigenvalue weighted by atomic mass is 19.1. The molecule has 3 rings (SSSR count). The van der Waals surface area contributed by atoms with E-state index in [4.69, 9.17) is 4.74 Å². The van der Waals surface area contributed by atoms with Crippen molar-refractivity contribution in [1.29, 1.82) is 0 Å². The fraction of sp³-hybridized carbons (Fsp3) is 0.381. The SMILES string of the molecule is CCN(C(=O)CC1CCOC1)C(c1ccccc1)c1ccc(F)cc1. The number of nitrogens with zero attached hydrogens (tertiary/aromatic N) is 1. The second kappa shape index (κ2) is 8.26. The Balaban J connectivity index is 1.90. The molecule has 25 heavy (non-hydrogen) atoms. The highest BCUT2D eigenvalue weighted by Gasteiger charge is 2.28. The quantitative estimate of drug-likeness (QED) is 0.788. The van der Waals surface area contributed by atoms with Crippen LogP contribution in [0.1, 0.15) is 36.9 Å². The molecule has 1 aliphatic heterocycles. The Morgan fingerprint density at radius 3 is 2.44 bits per heavy atom. The zero-order valence-electron chi connectivity index (χ0n) is 14.5. The van der Waals surface area contributed by atoms with Gasteiger partial charge in [0.15, 0.2) is 0 Å². The molecule has 0 bridgehead atoms. The van der Waals surface area contributed by atoms with Crippen LogP contribution in [0.25, 0.3) is 0 Å². The average Bonchev–Trinajstić information content (AvgIpc) is 3.14. The molecule has 1 amide bonds. The van der Waals surface area contributed by atoms with Gasteiger partial charge in [-0.2, -0.15) is 0 Å². The summed E-state index contributed by atoms with van der Waals surface area (Å²) in [4.78, 5) is 14.9. The molecule has 1 aliphatic rings. The first-order valence-corrected chi connectivity index (χ1v) is 8.86. The highest BCUT2D eigenvalue weighted by molar-refractivity contribution is 5.77. The number of ether oxygens (including phenoxy) is 1. The minimum Gasteiger partial charge on any atom is -0.381 e. The lowest BCUT2D eigenvalue weighted by molar-refractivity contribution is -0.133. The van der Waals surface area contributed by atoms with Crippen LogP contribution < -0.4 is 0 Å². The Labute approximate surface area is 148 Å². The average molecular weight is 341 g/mol. The molecule has 0 radical (unpaired) electrons. The number of halogens is 1. The van der Waals surface area contributed by atoms with Crippen molar-refractivity contribution in [2.24, 2.45) is 5.92 Å². The summed E-state index contributed by atoms with van der Waals surface area (Å²) >= 11 is 0. The number of hydrogen-bond acceptors (Lipinski definition) is 2. The van der Waals surface area contributed by atoms with Gasteiger partial charge in [0.2, 0.25) is 5.91 Å². The van der Waals surface area contributed by atoms with E-state index in [1.54, 1.807) is 12.1 Å². The summed E-state index contributed by atoms with van der Waals surface area (Å²) in [7, 11) is 0. The lowest BCUT2D eigenvalue weighted by Crippen LogP contribution is -2.36. The van der Waals surface area contributed by atoms with Gasteiger partial charge in [-0.1, -0.05) is 42.5 Å². The normalized spacial score (nSPS) is 18.1. The fourth-order valence-electron chi connectivity index (χ4n) is 3.44. The number of carbonyl (C=O) groups is 1. The second-order valence-electron chi connectivity index (χ2n) is 6.48. The van der Waals surface area contributed by atoms with Crippen molar-refractivity contribution in [3.05, 3.63) is 71.5 Å². The van der Waals surface area contributed by atoms with Gasteiger partial charge < -0.3 is 9.64 Å². The van der Waals surface area contributed by atoms with E-state index in [2.05, 4.69) is 0 Å². The third-order valence-corrected chi connectivity index (χ3v) is 4.76. The molecule has 0 saturated carbocycles. The molecule has 4 heteroatoms. The van der Waals surface area contributed by atoms with Gasteiger partial charge in [-0.05, 0) is 42.5 Å². The van der Waals surface area contributed by atoms with E-state index in [1.807, 2.05) is 42.2 Å². The first-order valence-electron chi connectivity index (χ1n) is 8.86. The Hall–Kier alpha value is -2.20. The molecule has 1 heterocycles. The minimum absolute atomic E-state index is 0.121. The van der Waals surface area contributed by atoms with Crippen molar-refractivity contribution in [2.75, 3.05) is 19.8 Å². The maximum Gasteiger partial charge on any atom is 0.223 e. The van der Waals surface area contributed by atoms with E-state index >= 15 is 0 Å². The van der Waals surface area contributed by atoms with Crippen molar-refractivity contribution in [2.45, 2.75) is 25.8 Å². The van der Waals surface area contributed by atoms with Gasteiger partial charge in [-0.15, -0.1) is 0 Å². The van der Waals surface area contributed by atoms with Gasteiger partial charge in [0.1, 0.15) is 5.82 Å². The molecule has 2 aromatic carbocycles. The van der Waals surface area contributed by atoms with E-state index in [0.29, 0.717) is 25.5 Å². The number of carbonyl (C=O) groups excluding carboxylic acids is 1. The van der Waals surface area contributed by atoms with Crippen molar-refractivity contribution in [3.63, 3.8) is 0 Å². The number of rotatable bonds is 6. The van der Waals surface area contributed by atoms with Crippen LogP contribution >= 0.6 is 0 Å². The number of amides is 1. The van der Waals surface area contributed by atoms with Gasteiger partial charge >= 0.3 is 0 Å². The molecule has 1 saturated heterocycles. The first-order chi connectivity index (χ1) is 12.2. The van der Waals surface area contributed by atoms with Crippen molar-refractivity contribution in [3.8, 4) is 0 Å². The summed E-state index contributed by atoms with van der Waals surface area (Å²) in [5.41, 5.74) is 1.96. The van der Waals surface area contributed by atoms with Gasteiger partial charge in [0.25, 0.3) is 0 Å². The van der Waals surface area contributed by atoms with Gasteiger partial charge in [0, 0.05) is 26.2 Å². The zero-order valence-corrected chi connectivity index (χ0v) is 14.5. The molecule has 3 nitrogen and oxygen atoms in total. The molecule has 0 aromatic heterocycles.